The fourth-order valence-electron chi connectivity index (χ4n) is 3.08. The van der Waals surface area contributed by atoms with Gasteiger partial charge in [0.05, 0.1) is 0 Å². The summed E-state index contributed by atoms with van der Waals surface area (Å²) in [6, 6.07) is 1.84. The van der Waals surface area contributed by atoms with Crippen molar-refractivity contribution >= 4 is 0 Å². The van der Waals surface area contributed by atoms with E-state index in [0.29, 0.717) is 0 Å². The minimum Gasteiger partial charge on any atom is -0.298 e. The van der Waals surface area contributed by atoms with Gasteiger partial charge in [0, 0.05) is 38.3 Å². The monoisotopic (exact) mass is 224 g/mol. The molecule has 2 rings (SSSR count). The summed E-state index contributed by atoms with van der Waals surface area (Å²) in [5.74, 6) is 0. The van der Waals surface area contributed by atoms with Crippen LogP contribution in [0.25, 0.3) is 0 Å². The highest BCUT2D eigenvalue weighted by atomic mass is 15.3. The van der Waals surface area contributed by atoms with Gasteiger partial charge in [0.25, 0.3) is 0 Å². The van der Waals surface area contributed by atoms with Crippen LogP contribution in [0.15, 0.2) is 0 Å². The molecule has 2 heteroatoms. The van der Waals surface area contributed by atoms with Gasteiger partial charge >= 0.3 is 0 Å². The van der Waals surface area contributed by atoms with Crippen molar-refractivity contribution in [2.24, 2.45) is 0 Å². The molecule has 1 aliphatic carbocycles. The summed E-state index contributed by atoms with van der Waals surface area (Å²) in [5.41, 5.74) is 0. The number of hydrogen-bond donors (Lipinski definition) is 0. The first kappa shape index (κ1) is 12.4. The molecule has 1 aliphatic heterocycles. The summed E-state index contributed by atoms with van der Waals surface area (Å²) >= 11 is 0. The zero-order valence-electron chi connectivity index (χ0n) is 11.1. The van der Waals surface area contributed by atoms with E-state index >= 15 is 0 Å². The van der Waals surface area contributed by atoms with E-state index in [4.69, 9.17) is 0 Å². The van der Waals surface area contributed by atoms with E-state index in [1.165, 1.54) is 64.7 Å². The van der Waals surface area contributed by atoms with Gasteiger partial charge in [-0.3, -0.25) is 9.80 Å². The van der Waals surface area contributed by atoms with Crippen LogP contribution in [0.3, 0.4) is 0 Å². The Bertz CT molecular complexity index is 187. The molecule has 0 unspecified atom stereocenters. The number of rotatable bonds is 6. The summed E-state index contributed by atoms with van der Waals surface area (Å²) in [7, 11) is 0. The van der Waals surface area contributed by atoms with Crippen LogP contribution in [0.2, 0.25) is 0 Å². The van der Waals surface area contributed by atoms with E-state index in [1.54, 1.807) is 0 Å². The lowest BCUT2D eigenvalue weighted by Gasteiger charge is -2.39. The summed E-state index contributed by atoms with van der Waals surface area (Å²) in [6.07, 6.45) is 8.41. The first-order chi connectivity index (χ1) is 7.85. The van der Waals surface area contributed by atoms with Crippen molar-refractivity contribution in [1.82, 2.24) is 9.80 Å². The Morgan fingerprint density at radius 2 is 1.50 bits per heavy atom. The van der Waals surface area contributed by atoms with Gasteiger partial charge in [-0.05, 0) is 25.7 Å². The quantitative estimate of drug-likeness (QED) is 0.684. The standard InChI is InChI=1S/C14H28N2/c1-3-5-13(6-4-2)15-9-11-16(12-10-15)14-7-8-14/h13-14H,3-12H2,1-2H3. The molecule has 0 N–H and O–H groups in total. The average Bonchev–Trinajstić information content (AvgIpc) is 3.13. The molecular formula is C14H28N2. The van der Waals surface area contributed by atoms with Gasteiger partial charge in [0.15, 0.2) is 0 Å². The molecule has 0 spiro atoms. The largest absolute Gasteiger partial charge is 0.298 e. The Morgan fingerprint density at radius 3 is 1.94 bits per heavy atom. The summed E-state index contributed by atoms with van der Waals surface area (Å²) in [4.78, 5) is 5.47. The molecule has 2 fully saturated rings. The van der Waals surface area contributed by atoms with E-state index in [2.05, 4.69) is 23.6 Å². The van der Waals surface area contributed by atoms with Crippen molar-refractivity contribution < 1.29 is 0 Å². The molecule has 16 heavy (non-hydrogen) atoms. The zero-order valence-corrected chi connectivity index (χ0v) is 11.1. The summed E-state index contributed by atoms with van der Waals surface area (Å²) < 4.78 is 0. The van der Waals surface area contributed by atoms with Crippen molar-refractivity contribution in [1.29, 1.82) is 0 Å². The second-order valence-corrected chi connectivity index (χ2v) is 5.53. The van der Waals surface area contributed by atoms with Crippen LogP contribution in [0.4, 0.5) is 0 Å². The number of nitrogens with zero attached hydrogens (tertiary/aromatic N) is 2. The molecule has 0 aromatic heterocycles. The summed E-state index contributed by atoms with van der Waals surface area (Å²) in [5, 5.41) is 0. The maximum atomic E-state index is 2.76. The topological polar surface area (TPSA) is 6.48 Å². The second kappa shape index (κ2) is 6.02. The molecule has 2 aliphatic rings. The third kappa shape index (κ3) is 3.21. The first-order valence-corrected chi connectivity index (χ1v) is 7.33. The Morgan fingerprint density at radius 1 is 0.938 bits per heavy atom. The van der Waals surface area contributed by atoms with Gasteiger partial charge < -0.3 is 0 Å². The van der Waals surface area contributed by atoms with E-state index in [9.17, 15) is 0 Å². The fourth-order valence-corrected chi connectivity index (χ4v) is 3.08. The van der Waals surface area contributed by atoms with Crippen molar-refractivity contribution in [3.8, 4) is 0 Å². The number of hydrogen-bond acceptors (Lipinski definition) is 2. The smallest absolute Gasteiger partial charge is 0.0113 e. The lowest BCUT2D eigenvalue weighted by Crippen LogP contribution is -2.50. The highest BCUT2D eigenvalue weighted by molar-refractivity contribution is 4.88. The molecule has 0 atom stereocenters. The van der Waals surface area contributed by atoms with Crippen LogP contribution < -0.4 is 0 Å². The molecule has 0 aromatic carbocycles. The zero-order chi connectivity index (χ0) is 11.4. The highest BCUT2D eigenvalue weighted by Crippen LogP contribution is 2.28. The van der Waals surface area contributed by atoms with Gasteiger partial charge in [-0.25, -0.2) is 0 Å². The van der Waals surface area contributed by atoms with Crippen molar-refractivity contribution in [2.45, 2.75) is 64.5 Å². The Labute approximate surface area is 101 Å². The van der Waals surface area contributed by atoms with Gasteiger partial charge in [-0.15, -0.1) is 0 Å². The molecule has 2 nitrogen and oxygen atoms in total. The second-order valence-electron chi connectivity index (χ2n) is 5.53. The molecule has 1 heterocycles. The van der Waals surface area contributed by atoms with Gasteiger partial charge in [-0.1, -0.05) is 26.7 Å². The highest BCUT2D eigenvalue weighted by Gasteiger charge is 2.32. The van der Waals surface area contributed by atoms with E-state index < -0.39 is 0 Å². The number of piperazine rings is 1. The molecule has 0 radical (unpaired) electrons. The first-order valence-electron chi connectivity index (χ1n) is 7.33. The predicted molar refractivity (Wildman–Crippen MR) is 69.8 cm³/mol. The SMILES string of the molecule is CCCC(CCC)N1CCN(C2CC2)CC1. The predicted octanol–water partition coefficient (Wildman–Crippen LogP) is 2.74. The summed E-state index contributed by atoms with van der Waals surface area (Å²) in [6.45, 7) is 9.94. The molecule has 94 valence electrons. The Kier molecular flexibility index (Phi) is 4.66. The van der Waals surface area contributed by atoms with Crippen LogP contribution in [0.5, 0.6) is 0 Å². The van der Waals surface area contributed by atoms with E-state index in [1.807, 2.05) is 0 Å². The van der Waals surface area contributed by atoms with Gasteiger partial charge in [0.1, 0.15) is 0 Å². The van der Waals surface area contributed by atoms with E-state index in [-0.39, 0.29) is 0 Å². The maximum absolute atomic E-state index is 2.76. The van der Waals surface area contributed by atoms with Crippen LogP contribution in [0, 0.1) is 0 Å². The van der Waals surface area contributed by atoms with E-state index in [0.717, 1.165) is 12.1 Å². The van der Waals surface area contributed by atoms with Gasteiger partial charge in [0.2, 0.25) is 0 Å². The van der Waals surface area contributed by atoms with Crippen molar-refractivity contribution in [2.75, 3.05) is 26.2 Å². The molecule has 1 saturated heterocycles. The minimum atomic E-state index is 0.872. The Balaban J connectivity index is 1.75. The fraction of sp³-hybridized carbons (Fsp3) is 1.00. The normalized spacial score (nSPS) is 24.2. The Hall–Kier alpha value is -0.0800. The lowest BCUT2D eigenvalue weighted by atomic mass is 10.0. The van der Waals surface area contributed by atoms with Crippen molar-refractivity contribution in [3.63, 3.8) is 0 Å². The molecule has 1 saturated carbocycles. The molecule has 0 aromatic rings. The average molecular weight is 224 g/mol. The minimum absolute atomic E-state index is 0.872. The van der Waals surface area contributed by atoms with Gasteiger partial charge in [-0.2, -0.15) is 0 Å². The molecule has 0 bridgehead atoms. The third-order valence-corrected chi connectivity index (χ3v) is 4.17. The van der Waals surface area contributed by atoms with Crippen LogP contribution in [0.1, 0.15) is 52.4 Å². The molecule has 0 amide bonds. The lowest BCUT2D eigenvalue weighted by molar-refractivity contribution is 0.0832. The van der Waals surface area contributed by atoms with Crippen LogP contribution in [-0.2, 0) is 0 Å². The van der Waals surface area contributed by atoms with Crippen LogP contribution in [-0.4, -0.2) is 48.1 Å². The third-order valence-electron chi connectivity index (χ3n) is 4.17. The van der Waals surface area contributed by atoms with Crippen LogP contribution >= 0.6 is 0 Å². The molecular weight excluding hydrogens is 196 g/mol. The maximum Gasteiger partial charge on any atom is 0.0113 e. The van der Waals surface area contributed by atoms with Crippen molar-refractivity contribution in [3.05, 3.63) is 0 Å².